The van der Waals surface area contributed by atoms with E-state index in [0.29, 0.717) is 29.1 Å². The van der Waals surface area contributed by atoms with Crippen LogP contribution in [-0.4, -0.2) is 36.5 Å². The summed E-state index contributed by atoms with van der Waals surface area (Å²) in [5, 5.41) is 10.9. The van der Waals surface area contributed by atoms with Gasteiger partial charge in [0.05, 0.1) is 11.9 Å². The standard InChI is InChI=1S/C24H21N7O4/c1-4-31-19-20(29(2)24(34)30(3)22(19)33)27-23(31)35-15-11-9-14(10-12-15)13-25-28-18-16-7-5-6-8-17(16)26-21(18)32/h5-13H,4H2,1-3H3,(H,26,28,32)/b25-13+. The van der Waals surface area contributed by atoms with Gasteiger partial charge in [-0.15, -0.1) is 5.10 Å². The Morgan fingerprint density at radius 2 is 1.77 bits per heavy atom. The quantitative estimate of drug-likeness (QED) is 0.352. The van der Waals surface area contributed by atoms with Crippen LogP contribution in [0.1, 0.15) is 18.1 Å². The Hall–Kier alpha value is -4.80. The van der Waals surface area contributed by atoms with E-state index in [9.17, 15) is 14.4 Å². The Kier molecular flexibility index (Phi) is 5.36. The number of para-hydroxylation sites is 1. The lowest BCUT2D eigenvalue weighted by molar-refractivity contribution is -0.110. The maximum Gasteiger partial charge on any atom is 0.332 e. The zero-order valence-electron chi connectivity index (χ0n) is 19.2. The zero-order chi connectivity index (χ0) is 24.7. The summed E-state index contributed by atoms with van der Waals surface area (Å²) in [6.07, 6.45) is 1.53. The molecule has 0 fully saturated rings. The van der Waals surface area contributed by atoms with E-state index in [4.69, 9.17) is 4.74 Å². The average Bonchev–Trinajstić information content (AvgIpc) is 3.39. The number of aryl methyl sites for hydroxylation is 2. The van der Waals surface area contributed by atoms with Crippen LogP contribution in [0.2, 0.25) is 0 Å². The fourth-order valence-corrected chi connectivity index (χ4v) is 3.88. The number of hydrogen-bond donors (Lipinski definition) is 1. The van der Waals surface area contributed by atoms with Crippen molar-refractivity contribution in [1.82, 2.24) is 18.7 Å². The first-order valence-electron chi connectivity index (χ1n) is 10.8. The van der Waals surface area contributed by atoms with E-state index in [1.807, 2.05) is 31.2 Å². The summed E-state index contributed by atoms with van der Waals surface area (Å²) in [4.78, 5) is 41.4. The molecule has 1 amide bonds. The van der Waals surface area contributed by atoms with Gasteiger partial charge >= 0.3 is 11.7 Å². The summed E-state index contributed by atoms with van der Waals surface area (Å²) in [6, 6.07) is 14.5. The van der Waals surface area contributed by atoms with E-state index in [-0.39, 0.29) is 23.3 Å². The van der Waals surface area contributed by atoms with Gasteiger partial charge in [0.2, 0.25) is 0 Å². The van der Waals surface area contributed by atoms with Crippen molar-refractivity contribution in [3.05, 3.63) is 80.5 Å². The summed E-state index contributed by atoms with van der Waals surface area (Å²) < 4.78 is 9.93. The Morgan fingerprint density at radius 1 is 1.03 bits per heavy atom. The summed E-state index contributed by atoms with van der Waals surface area (Å²) in [5.74, 6) is 0.197. The SMILES string of the molecule is CCn1c(Oc2ccc(/C=N/N=C3/C(=O)Nc4ccccc43)cc2)nc2c1c(=O)n(C)c(=O)n2C. The third kappa shape index (κ3) is 3.72. The second kappa shape index (κ2) is 8.52. The Morgan fingerprint density at radius 3 is 2.51 bits per heavy atom. The van der Waals surface area contributed by atoms with Gasteiger partial charge in [-0.3, -0.25) is 23.3 Å². The molecule has 11 nitrogen and oxygen atoms in total. The van der Waals surface area contributed by atoms with E-state index in [2.05, 4.69) is 20.5 Å². The monoisotopic (exact) mass is 471 g/mol. The van der Waals surface area contributed by atoms with Crippen LogP contribution in [0, 0.1) is 0 Å². The van der Waals surface area contributed by atoms with E-state index < -0.39 is 11.2 Å². The lowest BCUT2D eigenvalue weighted by Gasteiger charge is -2.07. The largest absolute Gasteiger partial charge is 0.425 e. The van der Waals surface area contributed by atoms with Crippen LogP contribution in [-0.2, 0) is 25.4 Å². The van der Waals surface area contributed by atoms with Crippen molar-refractivity contribution in [1.29, 1.82) is 0 Å². The van der Waals surface area contributed by atoms with Crippen molar-refractivity contribution in [2.24, 2.45) is 24.3 Å². The fourth-order valence-electron chi connectivity index (χ4n) is 3.88. The summed E-state index contributed by atoms with van der Waals surface area (Å²) in [7, 11) is 2.99. The van der Waals surface area contributed by atoms with E-state index in [1.165, 1.54) is 17.8 Å². The van der Waals surface area contributed by atoms with Gasteiger partial charge in [0.1, 0.15) is 5.75 Å². The molecule has 0 aliphatic carbocycles. The van der Waals surface area contributed by atoms with Crippen LogP contribution in [0.3, 0.4) is 0 Å². The molecule has 35 heavy (non-hydrogen) atoms. The molecule has 11 heteroatoms. The lowest BCUT2D eigenvalue weighted by Crippen LogP contribution is -2.37. The predicted octanol–water partition coefficient (Wildman–Crippen LogP) is 2.02. The number of anilines is 1. The van der Waals surface area contributed by atoms with Gasteiger partial charge in [-0.1, -0.05) is 18.2 Å². The molecule has 5 rings (SSSR count). The number of fused-ring (bicyclic) bond motifs is 2. The molecule has 0 atom stereocenters. The van der Waals surface area contributed by atoms with Crippen molar-refractivity contribution in [2.45, 2.75) is 13.5 Å². The van der Waals surface area contributed by atoms with Gasteiger partial charge in [0, 0.05) is 26.2 Å². The topological polar surface area (TPSA) is 125 Å². The molecule has 1 aliphatic rings. The number of carbonyl (C=O) groups is 1. The molecule has 2 aromatic heterocycles. The van der Waals surface area contributed by atoms with Gasteiger partial charge in [-0.25, -0.2) is 4.79 Å². The minimum absolute atomic E-state index is 0.208. The summed E-state index contributed by atoms with van der Waals surface area (Å²) in [6.45, 7) is 2.30. The van der Waals surface area contributed by atoms with E-state index in [1.54, 1.807) is 35.9 Å². The minimum atomic E-state index is -0.458. The number of benzene rings is 2. The first-order chi connectivity index (χ1) is 16.9. The van der Waals surface area contributed by atoms with Gasteiger partial charge in [0.25, 0.3) is 11.5 Å². The highest BCUT2D eigenvalue weighted by Crippen LogP contribution is 2.25. The second-order valence-electron chi connectivity index (χ2n) is 7.88. The first-order valence-corrected chi connectivity index (χ1v) is 10.8. The fraction of sp³-hybridized carbons (Fsp3) is 0.167. The molecule has 0 spiro atoms. The van der Waals surface area contributed by atoms with Crippen molar-refractivity contribution in [3.63, 3.8) is 0 Å². The highest BCUT2D eigenvalue weighted by molar-refractivity contribution is 6.53. The zero-order valence-corrected chi connectivity index (χ0v) is 19.2. The number of hydrogen-bond acceptors (Lipinski definition) is 7. The highest BCUT2D eigenvalue weighted by atomic mass is 16.5. The van der Waals surface area contributed by atoms with Gasteiger partial charge < -0.3 is 10.1 Å². The molecular formula is C24H21N7O4. The molecule has 0 bridgehead atoms. The highest BCUT2D eigenvalue weighted by Gasteiger charge is 2.25. The number of amides is 1. The number of imidazole rings is 1. The van der Waals surface area contributed by atoms with Gasteiger partial charge in [0.15, 0.2) is 16.9 Å². The molecular weight excluding hydrogens is 450 g/mol. The average molecular weight is 471 g/mol. The number of nitrogens with zero attached hydrogens (tertiary/aromatic N) is 6. The number of carbonyl (C=O) groups excluding carboxylic acids is 1. The van der Waals surface area contributed by atoms with E-state index in [0.717, 1.165) is 10.1 Å². The van der Waals surface area contributed by atoms with Gasteiger partial charge in [-0.05, 0) is 42.8 Å². The number of ether oxygens (including phenoxy) is 1. The molecule has 4 aromatic rings. The summed E-state index contributed by atoms with van der Waals surface area (Å²) >= 11 is 0. The molecule has 0 saturated heterocycles. The molecule has 0 radical (unpaired) electrons. The molecule has 1 N–H and O–H groups in total. The van der Waals surface area contributed by atoms with Crippen molar-refractivity contribution >= 4 is 34.7 Å². The number of nitrogens with one attached hydrogen (secondary N) is 1. The lowest BCUT2D eigenvalue weighted by atomic mass is 10.1. The van der Waals surface area contributed by atoms with Crippen molar-refractivity contribution in [3.8, 4) is 11.8 Å². The second-order valence-corrected chi connectivity index (χ2v) is 7.88. The molecule has 176 valence electrons. The van der Waals surface area contributed by atoms with Crippen LogP contribution in [0.5, 0.6) is 11.8 Å². The van der Waals surface area contributed by atoms with Crippen molar-refractivity contribution < 1.29 is 9.53 Å². The van der Waals surface area contributed by atoms with Crippen LogP contribution in [0.25, 0.3) is 11.2 Å². The smallest absolute Gasteiger partial charge is 0.332 e. The third-order valence-electron chi connectivity index (χ3n) is 5.73. The van der Waals surface area contributed by atoms with Crippen LogP contribution in [0.15, 0.2) is 68.3 Å². The van der Waals surface area contributed by atoms with Gasteiger partial charge in [-0.2, -0.15) is 10.1 Å². The molecule has 0 unspecified atom stereocenters. The molecule has 0 saturated carbocycles. The first kappa shape index (κ1) is 22.0. The van der Waals surface area contributed by atoms with E-state index >= 15 is 0 Å². The minimum Gasteiger partial charge on any atom is -0.425 e. The Balaban J connectivity index is 1.39. The molecule has 1 aliphatic heterocycles. The Bertz CT molecular complexity index is 1660. The maximum absolute atomic E-state index is 12.7. The normalized spacial score (nSPS) is 14.1. The summed E-state index contributed by atoms with van der Waals surface area (Å²) in [5.41, 5.74) is 2.10. The van der Waals surface area contributed by atoms with Crippen LogP contribution < -0.4 is 21.3 Å². The number of rotatable bonds is 5. The predicted molar refractivity (Wildman–Crippen MR) is 132 cm³/mol. The third-order valence-corrected chi connectivity index (χ3v) is 5.73. The van der Waals surface area contributed by atoms with Crippen molar-refractivity contribution in [2.75, 3.05) is 5.32 Å². The maximum atomic E-state index is 12.7. The Labute approximate surface area is 198 Å². The molecule has 2 aromatic carbocycles. The number of aromatic nitrogens is 4. The van der Waals surface area contributed by atoms with Crippen LogP contribution >= 0.6 is 0 Å². The molecule has 3 heterocycles. The van der Waals surface area contributed by atoms with Crippen LogP contribution in [0.4, 0.5) is 5.69 Å².